The minimum absolute atomic E-state index is 0.0104. The molecular formula is C20H21N3O2. The Kier molecular flexibility index (Phi) is 3.81. The third-order valence-electron chi connectivity index (χ3n) is 4.95. The second-order valence-electron chi connectivity index (χ2n) is 6.52. The van der Waals surface area contributed by atoms with Crippen molar-refractivity contribution < 1.29 is 9.59 Å². The third kappa shape index (κ3) is 2.35. The minimum atomic E-state index is -0.640. The minimum Gasteiger partial charge on any atom is -0.326 e. The van der Waals surface area contributed by atoms with Crippen LogP contribution in [0.4, 0.5) is 5.69 Å². The normalized spacial score (nSPS) is 21.2. The molecule has 2 aliphatic rings. The van der Waals surface area contributed by atoms with Crippen LogP contribution in [0, 0.1) is 0 Å². The Hall–Kier alpha value is -2.66. The molecule has 0 spiro atoms. The number of anilines is 1. The van der Waals surface area contributed by atoms with Gasteiger partial charge in [0.05, 0.1) is 0 Å². The number of rotatable bonds is 4. The number of nitrogens with zero attached hydrogens (tertiary/aromatic N) is 1. The highest BCUT2D eigenvalue weighted by Gasteiger charge is 2.53. The first-order valence-electron chi connectivity index (χ1n) is 8.73. The van der Waals surface area contributed by atoms with E-state index in [0.29, 0.717) is 13.0 Å². The van der Waals surface area contributed by atoms with E-state index < -0.39 is 5.66 Å². The number of carbonyl (C=O) groups excluding carboxylic acids is 2. The van der Waals surface area contributed by atoms with Gasteiger partial charge in [-0.1, -0.05) is 37.3 Å². The van der Waals surface area contributed by atoms with E-state index in [2.05, 4.69) is 10.6 Å². The Bertz CT molecular complexity index is 848. The standard InChI is InChI=1S/C20H21N3O2/c1-2-6-18(24)22-15-8-5-7-14(13-15)20-17-10-4-3-9-16(17)19(25)23(20)12-11-21-20/h3-5,7-10,13,21H,2,6,11-12H2,1H3,(H,22,24). The average molecular weight is 335 g/mol. The summed E-state index contributed by atoms with van der Waals surface area (Å²) in [4.78, 5) is 26.6. The van der Waals surface area contributed by atoms with E-state index in [9.17, 15) is 9.59 Å². The van der Waals surface area contributed by atoms with Crippen LogP contribution in [0.15, 0.2) is 48.5 Å². The molecule has 1 atom stereocenters. The monoisotopic (exact) mass is 335 g/mol. The van der Waals surface area contributed by atoms with Gasteiger partial charge in [-0.25, -0.2) is 0 Å². The van der Waals surface area contributed by atoms with Crippen LogP contribution in [-0.2, 0) is 10.5 Å². The van der Waals surface area contributed by atoms with Crippen molar-refractivity contribution in [2.45, 2.75) is 25.4 Å². The molecular weight excluding hydrogens is 314 g/mol. The second-order valence-corrected chi connectivity index (χ2v) is 6.52. The highest BCUT2D eigenvalue weighted by Crippen LogP contribution is 2.44. The molecule has 2 aromatic rings. The van der Waals surface area contributed by atoms with Crippen molar-refractivity contribution in [3.05, 3.63) is 65.2 Å². The summed E-state index contributed by atoms with van der Waals surface area (Å²) in [6.07, 6.45) is 1.31. The SMILES string of the molecule is CCCC(=O)Nc1cccc(C23NCCN2C(=O)c2ccccc23)c1. The zero-order chi connectivity index (χ0) is 17.4. The Morgan fingerprint density at radius 3 is 2.92 bits per heavy atom. The number of benzene rings is 2. The Morgan fingerprint density at radius 2 is 2.08 bits per heavy atom. The van der Waals surface area contributed by atoms with Crippen LogP contribution in [0.25, 0.3) is 0 Å². The van der Waals surface area contributed by atoms with Crippen LogP contribution in [0.5, 0.6) is 0 Å². The summed E-state index contributed by atoms with van der Waals surface area (Å²) in [7, 11) is 0. The third-order valence-corrected chi connectivity index (χ3v) is 4.95. The molecule has 0 bridgehead atoms. The fourth-order valence-corrected chi connectivity index (χ4v) is 3.92. The number of hydrogen-bond acceptors (Lipinski definition) is 3. The van der Waals surface area contributed by atoms with Crippen molar-refractivity contribution in [2.24, 2.45) is 0 Å². The molecule has 5 nitrogen and oxygen atoms in total. The van der Waals surface area contributed by atoms with Crippen molar-refractivity contribution in [3.63, 3.8) is 0 Å². The predicted molar refractivity (Wildman–Crippen MR) is 96.2 cm³/mol. The average Bonchev–Trinajstić information content (AvgIpc) is 3.15. The summed E-state index contributed by atoms with van der Waals surface area (Å²) < 4.78 is 0. The van der Waals surface area contributed by atoms with E-state index in [1.165, 1.54) is 0 Å². The molecule has 1 fully saturated rings. The second kappa shape index (κ2) is 6.01. The number of carbonyl (C=O) groups is 2. The molecule has 0 aliphatic carbocycles. The number of hydrogen-bond donors (Lipinski definition) is 2. The smallest absolute Gasteiger partial charge is 0.256 e. The molecule has 0 radical (unpaired) electrons. The molecule has 0 aromatic heterocycles. The van der Waals surface area contributed by atoms with Crippen LogP contribution in [-0.4, -0.2) is 29.8 Å². The number of fused-ring (bicyclic) bond motifs is 3. The van der Waals surface area contributed by atoms with E-state index >= 15 is 0 Å². The van der Waals surface area contributed by atoms with Crippen molar-refractivity contribution >= 4 is 17.5 Å². The molecule has 25 heavy (non-hydrogen) atoms. The summed E-state index contributed by atoms with van der Waals surface area (Å²) in [6, 6.07) is 15.5. The van der Waals surface area contributed by atoms with Gasteiger partial charge >= 0.3 is 0 Å². The summed E-state index contributed by atoms with van der Waals surface area (Å²) in [5.41, 5.74) is 2.82. The highest BCUT2D eigenvalue weighted by molar-refractivity contribution is 6.01. The lowest BCUT2D eigenvalue weighted by molar-refractivity contribution is -0.116. The van der Waals surface area contributed by atoms with Gasteiger partial charge in [-0.05, 0) is 30.2 Å². The molecule has 1 saturated heterocycles. The molecule has 2 amide bonds. The summed E-state index contributed by atoms with van der Waals surface area (Å²) in [5.74, 6) is 0.0670. The molecule has 128 valence electrons. The predicted octanol–water partition coefficient (Wildman–Crippen LogP) is 2.69. The number of amides is 2. The van der Waals surface area contributed by atoms with Gasteiger partial charge in [0.25, 0.3) is 5.91 Å². The van der Waals surface area contributed by atoms with Crippen molar-refractivity contribution in [1.29, 1.82) is 0 Å². The van der Waals surface area contributed by atoms with Crippen molar-refractivity contribution in [2.75, 3.05) is 18.4 Å². The maximum absolute atomic E-state index is 12.8. The molecule has 0 saturated carbocycles. The van der Waals surface area contributed by atoms with Crippen LogP contribution >= 0.6 is 0 Å². The molecule has 2 N–H and O–H groups in total. The number of nitrogens with one attached hydrogen (secondary N) is 2. The first-order chi connectivity index (χ1) is 12.2. The van der Waals surface area contributed by atoms with Crippen molar-refractivity contribution in [3.8, 4) is 0 Å². The summed E-state index contributed by atoms with van der Waals surface area (Å²) in [6.45, 7) is 3.39. The summed E-state index contributed by atoms with van der Waals surface area (Å²) in [5, 5.41) is 6.48. The van der Waals surface area contributed by atoms with Gasteiger partial charge in [0, 0.05) is 36.3 Å². The lowest BCUT2D eigenvalue weighted by Crippen LogP contribution is -2.46. The molecule has 5 heteroatoms. The molecule has 2 aromatic carbocycles. The fourth-order valence-electron chi connectivity index (χ4n) is 3.92. The lowest BCUT2D eigenvalue weighted by Gasteiger charge is -2.33. The Balaban J connectivity index is 1.78. The van der Waals surface area contributed by atoms with Gasteiger partial charge in [0.1, 0.15) is 5.66 Å². The van der Waals surface area contributed by atoms with E-state index in [4.69, 9.17) is 0 Å². The van der Waals surface area contributed by atoms with Crippen LogP contribution in [0.2, 0.25) is 0 Å². The first-order valence-corrected chi connectivity index (χ1v) is 8.73. The largest absolute Gasteiger partial charge is 0.326 e. The molecule has 1 unspecified atom stereocenters. The fraction of sp³-hybridized carbons (Fsp3) is 0.300. The zero-order valence-corrected chi connectivity index (χ0v) is 14.2. The van der Waals surface area contributed by atoms with Gasteiger partial charge in [-0.15, -0.1) is 0 Å². The molecule has 2 aliphatic heterocycles. The summed E-state index contributed by atoms with van der Waals surface area (Å²) >= 11 is 0. The van der Waals surface area contributed by atoms with Crippen molar-refractivity contribution in [1.82, 2.24) is 10.2 Å². The van der Waals surface area contributed by atoms with Gasteiger partial charge in [-0.3, -0.25) is 14.9 Å². The zero-order valence-electron chi connectivity index (χ0n) is 14.2. The van der Waals surface area contributed by atoms with Crippen LogP contribution in [0.3, 0.4) is 0 Å². The van der Waals surface area contributed by atoms with E-state index in [1.807, 2.05) is 60.4 Å². The van der Waals surface area contributed by atoms with Crippen LogP contribution in [0.1, 0.15) is 41.3 Å². The van der Waals surface area contributed by atoms with E-state index in [1.54, 1.807) is 0 Å². The van der Waals surface area contributed by atoms with E-state index in [-0.39, 0.29) is 11.8 Å². The lowest BCUT2D eigenvalue weighted by atomic mass is 9.91. The van der Waals surface area contributed by atoms with Gasteiger partial charge in [0.15, 0.2) is 0 Å². The quantitative estimate of drug-likeness (QED) is 0.903. The van der Waals surface area contributed by atoms with Gasteiger partial charge in [-0.2, -0.15) is 0 Å². The van der Waals surface area contributed by atoms with Crippen LogP contribution < -0.4 is 10.6 Å². The first kappa shape index (κ1) is 15.8. The highest BCUT2D eigenvalue weighted by atomic mass is 16.2. The molecule has 4 rings (SSSR count). The Morgan fingerprint density at radius 1 is 1.24 bits per heavy atom. The molecule has 2 heterocycles. The van der Waals surface area contributed by atoms with E-state index in [0.717, 1.165) is 35.3 Å². The topological polar surface area (TPSA) is 61.4 Å². The van der Waals surface area contributed by atoms with Gasteiger partial charge in [0.2, 0.25) is 5.91 Å². The Labute approximate surface area is 147 Å². The maximum atomic E-state index is 12.8. The van der Waals surface area contributed by atoms with Gasteiger partial charge < -0.3 is 10.2 Å². The maximum Gasteiger partial charge on any atom is 0.256 e.